The topological polar surface area (TPSA) is 70.6 Å². The lowest BCUT2D eigenvalue weighted by molar-refractivity contribution is -0.201. The normalized spacial score (nSPS) is 17.0. The van der Waals surface area contributed by atoms with Crippen LogP contribution in [-0.2, 0) is 31.2 Å². The van der Waals surface area contributed by atoms with E-state index in [0.29, 0.717) is 4.47 Å². The van der Waals surface area contributed by atoms with Crippen molar-refractivity contribution in [1.29, 1.82) is 0 Å². The van der Waals surface area contributed by atoms with E-state index in [0.717, 1.165) is 13.2 Å². The predicted molar refractivity (Wildman–Crippen MR) is 100 cm³/mol. The van der Waals surface area contributed by atoms with Gasteiger partial charge in [-0.3, -0.25) is 0 Å². The minimum Gasteiger partial charge on any atom is -0.598 e. The highest BCUT2D eigenvalue weighted by Crippen LogP contribution is 2.35. The predicted octanol–water partition coefficient (Wildman–Crippen LogP) is 3.98. The van der Waals surface area contributed by atoms with Crippen LogP contribution in [0.15, 0.2) is 22.7 Å². The van der Waals surface area contributed by atoms with Gasteiger partial charge in [-0.05, 0) is 45.9 Å². The maximum atomic E-state index is 14.6. The summed E-state index contributed by atoms with van der Waals surface area (Å²) < 4.78 is 77.0. The summed E-state index contributed by atoms with van der Waals surface area (Å²) in [4.78, 5) is 12.3. The second-order valence-electron chi connectivity index (χ2n) is 7.14. The first-order chi connectivity index (χ1) is 12.6. The Bertz CT molecular complexity index is 699. The van der Waals surface area contributed by atoms with Gasteiger partial charge in [0.05, 0.1) is 7.11 Å². The Morgan fingerprint density at radius 2 is 1.86 bits per heavy atom. The first-order valence-corrected chi connectivity index (χ1v) is 9.97. The third-order valence-electron chi connectivity index (χ3n) is 3.70. The molecule has 3 unspecified atom stereocenters. The molecule has 11 heteroatoms. The average molecular weight is 492 g/mol. The smallest absolute Gasteiger partial charge is 0.411 e. The molecule has 1 N–H and O–H groups in total. The molecule has 0 saturated heterocycles. The molecule has 1 rings (SSSR count). The molecule has 0 radical (unpaired) electrons. The Morgan fingerprint density at radius 1 is 1.29 bits per heavy atom. The lowest BCUT2D eigenvalue weighted by Crippen LogP contribution is -2.59. The van der Waals surface area contributed by atoms with Gasteiger partial charge in [-0.2, -0.15) is 13.2 Å². The summed E-state index contributed by atoms with van der Waals surface area (Å²) in [6.45, 7) is 4.29. The molecule has 0 aromatic heterocycles. The summed E-state index contributed by atoms with van der Waals surface area (Å²) in [7, 11) is 0.963. The molecule has 0 amide bonds. The molecule has 0 aliphatic rings. The Kier molecular flexibility index (Phi) is 8.35. The van der Waals surface area contributed by atoms with Crippen molar-refractivity contribution in [2.45, 2.75) is 50.3 Å². The number of carbonyl (C=O) groups is 1. The van der Waals surface area contributed by atoms with Crippen LogP contribution >= 0.6 is 15.9 Å². The van der Waals surface area contributed by atoms with Crippen molar-refractivity contribution in [2.24, 2.45) is 0 Å². The largest absolute Gasteiger partial charge is 0.598 e. The van der Waals surface area contributed by atoms with E-state index in [1.807, 2.05) is 0 Å². The summed E-state index contributed by atoms with van der Waals surface area (Å²) in [5.74, 6) is -2.00. The van der Waals surface area contributed by atoms with Gasteiger partial charge in [0, 0.05) is 21.4 Å². The minimum atomic E-state index is -4.74. The minimum absolute atomic E-state index is 0.211. The highest BCUT2D eigenvalue weighted by atomic mass is 79.9. The number of esters is 1. The Hall–Kier alpha value is -0.880. The van der Waals surface area contributed by atoms with Crippen LogP contribution < -0.4 is 4.72 Å². The number of alkyl halides is 3. The lowest BCUT2D eigenvalue weighted by Gasteiger charge is -2.39. The Labute approximate surface area is 172 Å². The maximum Gasteiger partial charge on any atom is 0.411 e. The quantitative estimate of drug-likeness (QED) is 0.355. The summed E-state index contributed by atoms with van der Waals surface area (Å²) in [5.41, 5.74) is -2.15. The molecule has 0 aliphatic carbocycles. The first kappa shape index (κ1) is 25.2. The van der Waals surface area contributed by atoms with E-state index in [1.54, 1.807) is 20.8 Å². The van der Waals surface area contributed by atoms with Gasteiger partial charge in [0.1, 0.15) is 22.7 Å². The third-order valence-corrected chi connectivity index (χ3v) is 5.92. The molecule has 0 fully saturated rings. The number of benzene rings is 1. The average Bonchev–Trinajstić information content (AvgIpc) is 2.54. The van der Waals surface area contributed by atoms with Crippen LogP contribution in [0.5, 0.6) is 0 Å². The Morgan fingerprint density at radius 3 is 2.32 bits per heavy atom. The number of carbonyl (C=O) groups excluding carboxylic acids is 1. The third kappa shape index (κ3) is 6.58. The van der Waals surface area contributed by atoms with Gasteiger partial charge in [-0.25, -0.2) is 9.18 Å². The van der Waals surface area contributed by atoms with Gasteiger partial charge in [0.15, 0.2) is 6.10 Å². The molecule has 1 aromatic rings. The summed E-state index contributed by atoms with van der Waals surface area (Å²) in [6.07, 6.45) is -6.68. The van der Waals surface area contributed by atoms with E-state index in [-0.39, 0.29) is 5.56 Å². The molecule has 0 saturated carbocycles. The number of ether oxygens (including phenoxy) is 2. The monoisotopic (exact) mass is 491 g/mol. The number of methoxy groups -OCH3 is 1. The number of nitrogens with one attached hydrogen (secondary N) is 1. The molecule has 0 bridgehead atoms. The SMILES string of the molecule is COC(=O)C(OCC(F)(F)F)C(C)(N[S+]([O-])C(C)(C)C)c1cc(Br)ccc1F. The molecule has 0 aliphatic heterocycles. The zero-order chi connectivity index (χ0) is 21.9. The van der Waals surface area contributed by atoms with Crippen LogP contribution in [0, 0.1) is 5.82 Å². The molecule has 28 heavy (non-hydrogen) atoms. The van der Waals surface area contributed by atoms with Crippen molar-refractivity contribution in [1.82, 2.24) is 4.72 Å². The standard InChI is InChI=1S/C17H22BrF4NO4S/c1-15(2,3)28(25)23-16(4,11-8-10(18)6-7-12(11)19)13(14(24)26-5)27-9-17(20,21)22/h6-8,13,23H,9H2,1-5H3. The molecule has 1 aromatic carbocycles. The fourth-order valence-electron chi connectivity index (χ4n) is 2.25. The van der Waals surface area contributed by atoms with Crippen molar-refractivity contribution in [3.8, 4) is 0 Å². The molecule has 5 nitrogen and oxygen atoms in total. The molecule has 160 valence electrons. The van der Waals surface area contributed by atoms with Gasteiger partial charge >= 0.3 is 12.1 Å². The fraction of sp³-hybridized carbons (Fsp3) is 0.588. The second-order valence-corrected chi connectivity index (χ2v) is 10.0. The van der Waals surface area contributed by atoms with Crippen LogP contribution in [0.4, 0.5) is 17.6 Å². The molecule has 0 heterocycles. The van der Waals surface area contributed by atoms with E-state index in [4.69, 9.17) is 4.74 Å². The van der Waals surface area contributed by atoms with Crippen molar-refractivity contribution in [3.63, 3.8) is 0 Å². The van der Waals surface area contributed by atoms with E-state index in [9.17, 15) is 26.9 Å². The number of halogens is 5. The summed E-state index contributed by atoms with van der Waals surface area (Å²) >= 11 is 1.27. The van der Waals surface area contributed by atoms with Crippen molar-refractivity contribution >= 4 is 33.3 Å². The van der Waals surface area contributed by atoms with Crippen molar-refractivity contribution in [3.05, 3.63) is 34.1 Å². The van der Waals surface area contributed by atoms with Gasteiger partial charge in [0.2, 0.25) is 0 Å². The van der Waals surface area contributed by atoms with Crippen LogP contribution in [0.2, 0.25) is 0 Å². The first-order valence-electron chi connectivity index (χ1n) is 8.03. The molecule has 3 atom stereocenters. The summed E-state index contributed by atoms with van der Waals surface area (Å²) in [6, 6.07) is 3.72. The summed E-state index contributed by atoms with van der Waals surface area (Å²) in [5, 5.41) is 0. The van der Waals surface area contributed by atoms with Crippen molar-refractivity contribution in [2.75, 3.05) is 13.7 Å². The number of hydrogen-bond acceptors (Lipinski definition) is 5. The van der Waals surface area contributed by atoms with Gasteiger partial charge < -0.3 is 14.0 Å². The van der Waals surface area contributed by atoms with Crippen LogP contribution in [0.25, 0.3) is 0 Å². The highest BCUT2D eigenvalue weighted by molar-refractivity contribution is 9.10. The molecule has 0 spiro atoms. The fourth-order valence-corrected chi connectivity index (χ4v) is 3.52. The van der Waals surface area contributed by atoms with Gasteiger partial charge in [-0.15, -0.1) is 4.72 Å². The lowest BCUT2D eigenvalue weighted by atomic mass is 9.86. The van der Waals surface area contributed by atoms with Crippen LogP contribution in [0.3, 0.4) is 0 Å². The van der Waals surface area contributed by atoms with Crippen molar-refractivity contribution < 1.29 is 36.4 Å². The number of rotatable bonds is 7. The van der Waals surface area contributed by atoms with E-state index < -0.39 is 52.3 Å². The molecular weight excluding hydrogens is 470 g/mol. The zero-order valence-corrected chi connectivity index (χ0v) is 18.4. The Balaban J connectivity index is 3.56. The van der Waals surface area contributed by atoms with Gasteiger partial charge in [0.25, 0.3) is 0 Å². The van der Waals surface area contributed by atoms with E-state index in [2.05, 4.69) is 25.4 Å². The van der Waals surface area contributed by atoms with Gasteiger partial charge in [-0.1, -0.05) is 15.9 Å². The molecular formula is C17H22BrF4NO4S. The highest BCUT2D eigenvalue weighted by Gasteiger charge is 2.50. The maximum absolute atomic E-state index is 14.6. The van der Waals surface area contributed by atoms with Crippen LogP contribution in [-0.4, -0.2) is 41.3 Å². The number of hydrogen-bond donors (Lipinski definition) is 1. The van der Waals surface area contributed by atoms with Crippen LogP contribution in [0.1, 0.15) is 33.3 Å². The second kappa shape index (κ2) is 9.29. The van der Waals surface area contributed by atoms with E-state index >= 15 is 0 Å². The van der Waals surface area contributed by atoms with E-state index in [1.165, 1.54) is 19.1 Å². The zero-order valence-electron chi connectivity index (χ0n) is 15.9.